The van der Waals surface area contributed by atoms with Crippen molar-refractivity contribution < 1.29 is 27.2 Å². The minimum absolute atomic E-state index is 0.266. The van der Waals surface area contributed by atoms with Crippen molar-refractivity contribution in [3.05, 3.63) is 291 Å². The third kappa shape index (κ3) is 8.46. The van der Waals surface area contributed by atoms with Crippen LogP contribution in [0.25, 0.3) is 153 Å². The van der Waals surface area contributed by atoms with E-state index in [1.54, 1.807) is 0 Å². The van der Waals surface area contributed by atoms with Crippen molar-refractivity contribution in [2.24, 2.45) is 0 Å². The lowest BCUT2D eigenvalue weighted by Gasteiger charge is -2.26. The molecular formula is C80H49NO6P2. The van der Waals surface area contributed by atoms with Crippen LogP contribution in [0.15, 0.2) is 291 Å². The molecular weight excluding hydrogens is 1130 g/mol. The van der Waals surface area contributed by atoms with E-state index in [0.717, 1.165) is 108 Å². The second-order valence-electron chi connectivity index (χ2n) is 23.1. The molecule has 1 N–H and O–H groups in total. The molecule has 2 heterocycles. The summed E-state index contributed by atoms with van der Waals surface area (Å²) in [5.41, 5.74) is 8.47. The Balaban J connectivity index is 0.939. The van der Waals surface area contributed by atoms with E-state index in [9.17, 15) is 0 Å². The molecule has 0 saturated carbocycles. The van der Waals surface area contributed by atoms with Crippen molar-refractivity contribution in [2.45, 2.75) is 0 Å². The van der Waals surface area contributed by atoms with Gasteiger partial charge in [0, 0.05) is 44.5 Å². The number of rotatable bonds is 6. The van der Waals surface area contributed by atoms with Gasteiger partial charge in [0.15, 0.2) is 0 Å². The number of fused-ring (bicyclic) bond motifs is 18. The first-order valence-corrected chi connectivity index (χ1v) is 32.8. The Morgan fingerprint density at radius 3 is 0.652 bits per heavy atom. The van der Waals surface area contributed by atoms with E-state index in [2.05, 4.69) is 199 Å². The molecule has 0 atom stereocenters. The van der Waals surface area contributed by atoms with E-state index < -0.39 is 15.5 Å². The van der Waals surface area contributed by atoms with Crippen molar-refractivity contribution in [3.63, 3.8) is 0 Å². The van der Waals surface area contributed by atoms with Gasteiger partial charge in [-0.05, 0) is 157 Å². The summed E-state index contributed by atoms with van der Waals surface area (Å²) in [5.74, 6) is 1.06. The molecule has 18 rings (SSSR count). The molecule has 0 aromatic heterocycles. The lowest BCUT2D eigenvalue weighted by molar-refractivity contribution is 0.359. The van der Waals surface area contributed by atoms with Crippen molar-refractivity contribution in [3.8, 4) is 89.8 Å². The number of hydrogen-bond acceptors (Lipinski definition) is 6. The maximum Gasteiger partial charge on any atom is 0.524 e. The molecule has 7 nitrogen and oxygen atoms in total. The summed E-state index contributed by atoms with van der Waals surface area (Å²) >= 11 is 0. The van der Waals surface area contributed by atoms with Crippen LogP contribution in [0.4, 0.5) is 0 Å². The zero-order valence-corrected chi connectivity index (χ0v) is 49.3. The van der Waals surface area contributed by atoms with Gasteiger partial charge in [-0.2, -0.15) is 0 Å². The third-order valence-electron chi connectivity index (χ3n) is 17.8. The van der Waals surface area contributed by atoms with Crippen LogP contribution in [-0.4, -0.2) is 0 Å². The van der Waals surface area contributed by atoms with Gasteiger partial charge in [0.25, 0.3) is 0 Å². The monoisotopic (exact) mass is 1180 g/mol. The van der Waals surface area contributed by atoms with E-state index in [1.807, 2.05) is 97.1 Å². The van der Waals surface area contributed by atoms with E-state index in [-0.39, 0.29) is 23.0 Å². The maximum atomic E-state index is 17.6. The number of nitrogens with one attached hydrogen (secondary N) is 1. The SMILES string of the molecule is O=P1(NP2(=O)Oc3c(-c4ccc5ccccc5c4)cc4ccccc4c3-c3c(c(-c4ccc5ccccc5c4)cc4ccccc34)O2)Oc2c(-c3ccc4ccccc4c3)cc3ccccc3c2-c2c(c(-c3ccc4ccccc4c3)cc3ccccc23)O1. The molecule has 0 saturated heterocycles. The van der Waals surface area contributed by atoms with Crippen LogP contribution in [0, 0.1) is 0 Å². The Labute approximate surface area is 511 Å². The van der Waals surface area contributed by atoms with E-state index in [4.69, 9.17) is 18.1 Å². The van der Waals surface area contributed by atoms with Gasteiger partial charge < -0.3 is 18.1 Å². The average Bonchev–Trinajstić information content (AvgIpc) is 2.21. The van der Waals surface area contributed by atoms with Crippen LogP contribution < -0.4 is 23.0 Å². The summed E-state index contributed by atoms with van der Waals surface area (Å²) in [6.07, 6.45) is 0. The summed E-state index contributed by atoms with van der Waals surface area (Å²) in [6.45, 7) is 0. The molecule has 9 heteroatoms. The standard InChI is InChI=1S/C80H49NO6P2/c82-88(84-77-69(61-37-33-49-17-1-5-21-53(49)41-61)45-57-25-9-13-29-65(57)73(77)74-66-30-14-10-26-58(66)46-70(78(74)85-88)62-38-34-50-18-2-6-22-54(50)42-62)81-89(83)86-79-71(63-39-35-51-19-3-7-23-55(51)43-63)47-59-27-11-15-31-67(59)75(79)76-68-32-16-12-28-60(68)48-72(80(76)87-89)64-40-36-52-20-4-8-24-56(52)44-64/h1-48H,(H,81,82,83). The fourth-order valence-electron chi connectivity index (χ4n) is 13.7. The maximum absolute atomic E-state index is 17.6. The summed E-state index contributed by atoms with van der Waals surface area (Å²) in [7, 11) is -10.3. The Morgan fingerprint density at radius 2 is 0.416 bits per heavy atom. The Morgan fingerprint density at radius 1 is 0.213 bits per heavy atom. The highest BCUT2D eigenvalue weighted by molar-refractivity contribution is 7.68. The van der Waals surface area contributed by atoms with E-state index >= 15 is 9.13 Å². The molecule has 16 aromatic rings. The van der Waals surface area contributed by atoms with Gasteiger partial charge in [-0.25, -0.2) is 9.13 Å². The second-order valence-corrected chi connectivity index (χ2v) is 26.6. The average molecular weight is 1180 g/mol. The van der Waals surface area contributed by atoms with Gasteiger partial charge in [-0.15, -0.1) is 0 Å². The van der Waals surface area contributed by atoms with E-state index in [1.165, 1.54) is 0 Å². The first-order valence-electron chi connectivity index (χ1n) is 29.7. The molecule has 0 bridgehead atoms. The van der Waals surface area contributed by atoms with Crippen LogP contribution in [0.5, 0.6) is 23.0 Å². The third-order valence-corrected chi connectivity index (χ3v) is 21.5. The van der Waals surface area contributed by atoms with Crippen LogP contribution in [-0.2, 0) is 9.13 Å². The van der Waals surface area contributed by atoms with Crippen molar-refractivity contribution >= 4 is 102 Å². The van der Waals surface area contributed by atoms with Crippen LogP contribution >= 0.6 is 15.5 Å². The minimum Gasteiger partial charge on any atom is -0.403 e. The van der Waals surface area contributed by atoms with Crippen molar-refractivity contribution in [2.75, 3.05) is 0 Å². The zero-order chi connectivity index (χ0) is 59.0. The Kier molecular flexibility index (Phi) is 11.5. The van der Waals surface area contributed by atoms with Gasteiger partial charge in [0.1, 0.15) is 23.0 Å². The highest BCUT2D eigenvalue weighted by Gasteiger charge is 2.49. The number of benzene rings is 16. The van der Waals surface area contributed by atoms with Crippen molar-refractivity contribution in [1.82, 2.24) is 4.86 Å². The lowest BCUT2D eigenvalue weighted by atomic mass is 9.86. The zero-order valence-electron chi connectivity index (χ0n) is 47.6. The fraction of sp³-hybridized carbons (Fsp3) is 0. The summed E-state index contributed by atoms with van der Waals surface area (Å²) < 4.78 is 64.7. The Bertz CT molecular complexity index is 5130. The molecule has 2 aliphatic rings. The van der Waals surface area contributed by atoms with Gasteiger partial charge in [-0.1, -0.05) is 248 Å². The molecule has 0 spiro atoms. The molecule has 89 heavy (non-hydrogen) atoms. The molecule has 0 fully saturated rings. The highest BCUT2D eigenvalue weighted by Crippen LogP contribution is 2.69. The van der Waals surface area contributed by atoms with Crippen LogP contribution in [0.1, 0.15) is 0 Å². The quantitative estimate of drug-likeness (QED) is 0.166. The largest absolute Gasteiger partial charge is 0.524 e. The van der Waals surface area contributed by atoms with Crippen LogP contribution in [0.3, 0.4) is 0 Å². The fourth-order valence-corrected chi connectivity index (χ4v) is 17.4. The lowest BCUT2D eigenvalue weighted by Crippen LogP contribution is -2.21. The predicted octanol–water partition coefficient (Wildman–Crippen LogP) is 23.0. The molecule has 0 amide bonds. The molecule has 2 aliphatic heterocycles. The summed E-state index contributed by atoms with van der Waals surface area (Å²) in [4.78, 5) is 3.10. The molecule has 0 radical (unpaired) electrons. The summed E-state index contributed by atoms with van der Waals surface area (Å²) in [6, 6.07) is 99.1. The first kappa shape index (κ1) is 51.4. The van der Waals surface area contributed by atoms with Gasteiger partial charge in [-0.3, -0.25) is 0 Å². The minimum atomic E-state index is -5.14. The molecule has 0 aliphatic carbocycles. The van der Waals surface area contributed by atoms with Crippen LogP contribution in [0.2, 0.25) is 0 Å². The Hall–Kier alpha value is -10.8. The molecule has 420 valence electrons. The van der Waals surface area contributed by atoms with Gasteiger partial charge in [0.05, 0.1) is 0 Å². The van der Waals surface area contributed by atoms with E-state index in [0.29, 0.717) is 44.5 Å². The normalized spacial score (nSPS) is 13.8. The topological polar surface area (TPSA) is 83.1 Å². The van der Waals surface area contributed by atoms with Crippen molar-refractivity contribution in [1.29, 1.82) is 0 Å². The summed E-state index contributed by atoms with van der Waals surface area (Å²) in [5, 5.41) is 15.3. The molecule has 16 aromatic carbocycles. The second kappa shape index (κ2) is 19.9. The van der Waals surface area contributed by atoms with Gasteiger partial charge >= 0.3 is 15.5 Å². The van der Waals surface area contributed by atoms with Gasteiger partial charge in [0.2, 0.25) is 0 Å². The predicted molar refractivity (Wildman–Crippen MR) is 366 cm³/mol. The smallest absolute Gasteiger partial charge is 0.403 e. The highest BCUT2D eigenvalue weighted by atomic mass is 31.3. The molecule has 0 unspecified atom stereocenters. The first-order chi connectivity index (χ1) is 43.8. The number of hydrogen-bond donors (Lipinski definition) is 1.